The molecule has 4 heterocycles. The predicted molar refractivity (Wildman–Crippen MR) is 191 cm³/mol. The van der Waals surface area contributed by atoms with Crippen molar-refractivity contribution in [3.63, 3.8) is 0 Å². The third-order valence-corrected chi connectivity index (χ3v) is 12.1. The molecule has 2 fully saturated rings. The number of anilines is 2. The van der Waals surface area contributed by atoms with Crippen LogP contribution in [0.2, 0.25) is 0 Å². The molecule has 1 N–H and O–H groups in total. The number of pyridine rings is 1. The lowest BCUT2D eigenvalue weighted by molar-refractivity contribution is -0.00962. The Morgan fingerprint density at radius 1 is 0.938 bits per heavy atom. The zero-order valence-corrected chi connectivity index (χ0v) is 29.6. The molecule has 1 unspecified atom stereocenters. The lowest BCUT2D eigenvalue weighted by Gasteiger charge is -2.56. The normalized spacial score (nSPS) is 22.1. The summed E-state index contributed by atoms with van der Waals surface area (Å²) in [5.41, 5.74) is 5.14. The van der Waals surface area contributed by atoms with Crippen LogP contribution in [-0.2, 0) is 10.0 Å². The Labute approximate surface area is 285 Å². The first-order valence-electron chi connectivity index (χ1n) is 17.3. The maximum atomic E-state index is 13.9. The van der Waals surface area contributed by atoms with Crippen LogP contribution in [0.3, 0.4) is 0 Å². The van der Waals surface area contributed by atoms with Gasteiger partial charge in [-0.15, -0.1) is 0 Å². The highest BCUT2D eigenvalue weighted by Gasteiger charge is 2.50. The van der Waals surface area contributed by atoms with Gasteiger partial charge in [-0.3, -0.25) is 0 Å². The van der Waals surface area contributed by atoms with Gasteiger partial charge in [0, 0.05) is 36.8 Å². The van der Waals surface area contributed by atoms with E-state index in [4.69, 9.17) is 4.74 Å². The highest BCUT2D eigenvalue weighted by molar-refractivity contribution is 7.92. The van der Waals surface area contributed by atoms with Crippen LogP contribution in [0.25, 0.3) is 11.3 Å². The number of piperidine rings is 1. The van der Waals surface area contributed by atoms with Crippen molar-refractivity contribution >= 4 is 21.8 Å². The summed E-state index contributed by atoms with van der Waals surface area (Å²) in [6, 6.07) is 21.6. The smallest absolute Gasteiger partial charge is 0.264 e. The maximum absolute atomic E-state index is 13.9. The number of aromatic nitrogens is 3. The number of hydrogen-bond donors (Lipinski definition) is 1. The van der Waals surface area contributed by atoms with E-state index in [1.165, 1.54) is 0 Å². The fourth-order valence-corrected chi connectivity index (χ4v) is 9.62. The number of benzene rings is 2. The number of nitrogens with zero attached hydrogens (tertiary/aromatic N) is 4. The molecule has 2 aliphatic heterocycles. The highest BCUT2D eigenvalue weighted by Crippen LogP contribution is 2.59. The van der Waals surface area contributed by atoms with E-state index in [1.807, 2.05) is 62.5 Å². The van der Waals surface area contributed by atoms with Crippen molar-refractivity contribution in [3.8, 4) is 17.1 Å². The Bertz CT molecular complexity index is 1870. The van der Waals surface area contributed by atoms with Gasteiger partial charge in [-0.05, 0) is 110 Å². The number of sulfonamides is 1. The minimum Gasteiger partial charge on any atom is -0.477 e. The Hall–Kier alpha value is -3.98. The topological polar surface area (TPSA) is 97.3 Å². The van der Waals surface area contributed by atoms with E-state index < -0.39 is 10.0 Å². The Morgan fingerprint density at radius 2 is 1.67 bits per heavy atom. The molecule has 252 valence electrons. The summed E-state index contributed by atoms with van der Waals surface area (Å²) < 4.78 is 37.1. The number of fused-ring (bicyclic) bond motifs is 4. The minimum atomic E-state index is -3.96. The molecule has 7 rings (SSSR count). The van der Waals surface area contributed by atoms with Gasteiger partial charge in [-0.25, -0.2) is 23.1 Å². The zero-order chi connectivity index (χ0) is 33.7. The van der Waals surface area contributed by atoms with E-state index in [2.05, 4.69) is 63.5 Å². The predicted octanol–water partition coefficient (Wildman–Crippen LogP) is 8.18. The lowest BCUT2D eigenvalue weighted by Crippen LogP contribution is -2.50. The summed E-state index contributed by atoms with van der Waals surface area (Å²) in [7, 11) is -3.96. The fourth-order valence-electron chi connectivity index (χ4n) is 8.62. The Kier molecular flexibility index (Phi) is 8.47. The van der Waals surface area contributed by atoms with E-state index in [0.717, 1.165) is 73.3 Å². The van der Waals surface area contributed by atoms with Crippen LogP contribution in [-0.4, -0.2) is 43.1 Å². The molecule has 1 saturated carbocycles. The molecule has 2 atom stereocenters. The summed E-state index contributed by atoms with van der Waals surface area (Å²) in [5.74, 6) is 2.20. The first-order valence-corrected chi connectivity index (χ1v) is 18.7. The van der Waals surface area contributed by atoms with Crippen molar-refractivity contribution in [1.82, 2.24) is 15.0 Å². The third kappa shape index (κ3) is 6.66. The molecule has 9 heteroatoms. The van der Waals surface area contributed by atoms with Crippen molar-refractivity contribution in [2.45, 2.75) is 77.5 Å². The summed E-state index contributed by atoms with van der Waals surface area (Å²) in [6.07, 6.45) is 7.38. The Morgan fingerprint density at radius 3 is 2.35 bits per heavy atom. The van der Waals surface area contributed by atoms with Crippen molar-refractivity contribution in [2.75, 3.05) is 29.3 Å². The summed E-state index contributed by atoms with van der Waals surface area (Å²) >= 11 is 0. The molecule has 4 aromatic rings. The average Bonchev–Trinajstić information content (AvgIpc) is 3.02. The van der Waals surface area contributed by atoms with Crippen LogP contribution >= 0.6 is 0 Å². The molecule has 48 heavy (non-hydrogen) atoms. The molecule has 1 aliphatic carbocycles. The molecule has 2 aromatic heterocycles. The maximum Gasteiger partial charge on any atom is 0.264 e. The zero-order valence-electron chi connectivity index (χ0n) is 28.7. The van der Waals surface area contributed by atoms with Gasteiger partial charge < -0.3 is 9.64 Å². The number of rotatable bonds is 4. The van der Waals surface area contributed by atoms with Gasteiger partial charge in [0.15, 0.2) is 0 Å². The van der Waals surface area contributed by atoms with Gasteiger partial charge in [0.2, 0.25) is 11.8 Å². The van der Waals surface area contributed by atoms with Crippen LogP contribution in [0.5, 0.6) is 5.88 Å². The van der Waals surface area contributed by atoms with Gasteiger partial charge in [0.1, 0.15) is 5.82 Å². The molecule has 2 aromatic carbocycles. The average molecular weight is 666 g/mol. The van der Waals surface area contributed by atoms with Crippen LogP contribution in [0, 0.1) is 36.5 Å². The standard InChI is InChI=1S/C39H47N5O3S/c1-26-10-8-11-27(2)35(26)32-21-34-42-37(41-32)43-48(45,46)31-13-9-12-28(20-31)36(30(25-47-34)22-38(3,4)5)29-23-39(24-29)15-18-44(19-16-39)33-14-6-7-17-40-33/h6-14,17,20-21,29-30,36H,15-16,18-19,22-25H2,1-5H3,(H,41,42,43)/t30-,36?/m1/s1. The molecule has 1 spiro atoms. The van der Waals surface area contributed by atoms with Gasteiger partial charge in [-0.2, -0.15) is 4.98 Å². The molecule has 0 radical (unpaired) electrons. The first kappa shape index (κ1) is 32.6. The van der Waals surface area contributed by atoms with E-state index in [-0.39, 0.29) is 28.1 Å². The van der Waals surface area contributed by atoms with Gasteiger partial charge in [-0.1, -0.05) is 57.2 Å². The SMILES string of the molecule is Cc1cccc(C)c1-c1cc2nc(n1)NS(=O)(=O)c1cccc(c1)C(C1CC3(CCN(c4ccccn4)CC3)C1)[C@H](CC(C)(C)C)CO2. The van der Waals surface area contributed by atoms with Crippen LogP contribution in [0.1, 0.15) is 75.5 Å². The molecule has 1 saturated heterocycles. The Balaban J connectivity index is 1.23. The van der Waals surface area contributed by atoms with Gasteiger partial charge in [0.05, 0.1) is 17.2 Å². The van der Waals surface area contributed by atoms with E-state index in [9.17, 15) is 8.42 Å². The second-order valence-electron chi connectivity index (χ2n) is 15.6. The molecule has 0 amide bonds. The van der Waals surface area contributed by atoms with Gasteiger partial charge in [0.25, 0.3) is 10.0 Å². The van der Waals surface area contributed by atoms with E-state index in [0.29, 0.717) is 29.5 Å². The van der Waals surface area contributed by atoms with Crippen LogP contribution in [0.4, 0.5) is 11.8 Å². The van der Waals surface area contributed by atoms with Crippen molar-refractivity contribution in [2.24, 2.45) is 22.7 Å². The quantitative estimate of drug-likeness (QED) is 0.235. The molecule has 4 bridgehead atoms. The van der Waals surface area contributed by atoms with Gasteiger partial charge >= 0.3 is 0 Å². The van der Waals surface area contributed by atoms with Crippen LogP contribution < -0.4 is 14.4 Å². The van der Waals surface area contributed by atoms with E-state index in [1.54, 1.807) is 6.07 Å². The van der Waals surface area contributed by atoms with Crippen LogP contribution in [0.15, 0.2) is 77.8 Å². The summed E-state index contributed by atoms with van der Waals surface area (Å²) in [6.45, 7) is 13.4. The first-order chi connectivity index (χ1) is 22.9. The lowest BCUT2D eigenvalue weighted by atomic mass is 9.52. The van der Waals surface area contributed by atoms with E-state index >= 15 is 0 Å². The minimum absolute atomic E-state index is 0.0121. The molecule has 3 aliphatic rings. The third-order valence-electron chi connectivity index (χ3n) is 10.7. The molecular weight excluding hydrogens is 619 g/mol. The van der Waals surface area contributed by atoms with Crippen molar-refractivity contribution < 1.29 is 13.2 Å². The second-order valence-corrected chi connectivity index (χ2v) is 17.2. The van der Waals surface area contributed by atoms with Crippen molar-refractivity contribution in [1.29, 1.82) is 0 Å². The number of ether oxygens (including phenoxy) is 1. The number of nitrogens with one attached hydrogen (secondary N) is 1. The molecular formula is C39H47N5O3S. The van der Waals surface area contributed by atoms with Crippen molar-refractivity contribution in [3.05, 3.63) is 89.6 Å². The summed E-state index contributed by atoms with van der Waals surface area (Å²) in [4.78, 5) is 16.5. The highest BCUT2D eigenvalue weighted by atomic mass is 32.2. The monoisotopic (exact) mass is 665 g/mol. The second kappa shape index (κ2) is 12.5. The number of hydrogen-bond acceptors (Lipinski definition) is 7. The fraction of sp³-hybridized carbons (Fsp3) is 0.462. The largest absolute Gasteiger partial charge is 0.477 e. The number of aryl methyl sites for hydroxylation is 2. The summed E-state index contributed by atoms with van der Waals surface area (Å²) in [5, 5.41) is 0. The molecule has 8 nitrogen and oxygen atoms in total.